The zero-order valence-corrected chi connectivity index (χ0v) is 17.2. The van der Waals surface area contributed by atoms with Gasteiger partial charge in [0.15, 0.2) is 0 Å². The maximum atomic E-state index is 13.0. The molecule has 29 heavy (non-hydrogen) atoms. The molecule has 1 atom stereocenters. The molecule has 1 unspecified atom stereocenters. The lowest BCUT2D eigenvalue weighted by Crippen LogP contribution is -2.44. The summed E-state index contributed by atoms with van der Waals surface area (Å²) in [5.41, 5.74) is 3.32. The van der Waals surface area contributed by atoms with Crippen molar-refractivity contribution in [2.24, 2.45) is 0 Å². The third kappa shape index (κ3) is 6.61. The molecule has 1 aromatic carbocycles. The van der Waals surface area contributed by atoms with Crippen molar-refractivity contribution in [3.05, 3.63) is 65.2 Å². The van der Waals surface area contributed by atoms with Crippen LogP contribution in [-0.4, -0.2) is 55.2 Å². The molecule has 2 aromatic rings. The van der Waals surface area contributed by atoms with Gasteiger partial charge < -0.3 is 10.1 Å². The first-order chi connectivity index (χ1) is 14.0. The lowest BCUT2D eigenvalue weighted by molar-refractivity contribution is -0.123. The zero-order valence-electron chi connectivity index (χ0n) is 17.2. The number of pyridine rings is 1. The van der Waals surface area contributed by atoms with Crippen LogP contribution >= 0.6 is 0 Å². The summed E-state index contributed by atoms with van der Waals surface area (Å²) in [6.07, 6.45) is 4.69. The predicted molar refractivity (Wildman–Crippen MR) is 111 cm³/mol. The van der Waals surface area contributed by atoms with Gasteiger partial charge in [-0.25, -0.2) is 4.39 Å². The first-order valence-corrected chi connectivity index (χ1v) is 10.2. The van der Waals surface area contributed by atoms with Gasteiger partial charge in [0.25, 0.3) is 0 Å². The number of amides is 1. The van der Waals surface area contributed by atoms with Crippen molar-refractivity contribution in [1.82, 2.24) is 15.2 Å². The van der Waals surface area contributed by atoms with Crippen LogP contribution < -0.4 is 5.32 Å². The minimum absolute atomic E-state index is 0.0302. The summed E-state index contributed by atoms with van der Waals surface area (Å²) in [4.78, 5) is 19.0. The lowest BCUT2D eigenvalue weighted by atomic mass is 9.92. The quantitative estimate of drug-likeness (QED) is 0.741. The molecule has 1 aliphatic heterocycles. The van der Waals surface area contributed by atoms with Crippen LogP contribution in [0.5, 0.6) is 0 Å². The molecule has 156 valence electrons. The van der Waals surface area contributed by atoms with Crippen LogP contribution in [0.3, 0.4) is 0 Å². The molecule has 1 aliphatic rings. The third-order valence-corrected chi connectivity index (χ3v) is 5.37. The first-order valence-electron chi connectivity index (χ1n) is 10.2. The smallest absolute Gasteiger partial charge is 0.234 e. The highest BCUT2D eigenvalue weighted by Crippen LogP contribution is 2.26. The van der Waals surface area contributed by atoms with Gasteiger partial charge in [0.05, 0.1) is 13.2 Å². The Kier molecular flexibility index (Phi) is 7.72. The van der Waals surface area contributed by atoms with Gasteiger partial charge in [0.2, 0.25) is 5.91 Å². The highest BCUT2D eigenvalue weighted by molar-refractivity contribution is 5.78. The Balaban J connectivity index is 1.45. The van der Waals surface area contributed by atoms with Gasteiger partial charge in [0.1, 0.15) is 5.82 Å². The Labute approximate surface area is 172 Å². The fourth-order valence-corrected chi connectivity index (χ4v) is 3.82. The average molecular weight is 400 g/mol. The number of ether oxygens (including phenoxy) is 1. The molecule has 0 aliphatic carbocycles. The molecule has 1 amide bonds. The van der Waals surface area contributed by atoms with E-state index >= 15 is 0 Å². The van der Waals surface area contributed by atoms with E-state index in [0.29, 0.717) is 19.1 Å². The van der Waals surface area contributed by atoms with Crippen LogP contribution in [0.25, 0.3) is 0 Å². The maximum absolute atomic E-state index is 13.0. The number of nitrogens with zero attached hydrogens (tertiary/aromatic N) is 2. The molecule has 1 saturated heterocycles. The number of aromatic nitrogens is 1. The van der Waals surface area contributed by atoms with Gasteiger partial charge in [0, 0.05) is 31.0 Å². The second kappa shape index (κ2) is 10.5. The number of nitrogens with one attached hydrogen (secondary N) is 1. The van der Waals surface area contributed by atoms with Crippen molar-refractivity contribution in [1.29, 1.82) is 0 Å². The van der Waals surface area contributed by atoms with E-state index in [1.54, 1.807) is 7.11 Å². The number of halogens is 1. The normalized spacial score (nSPS) is 16.5. The van der Waals surface area contributed by atoms with Crippen LogP contribution in [0.15, 0.2) is 42.6 Å². The molecule has 6 heteroatoms. The predicted octanol–water partition coefficient (Wildman–Crippen LogP) is 3.14. The van der Waals surface area contributed by atoms with Crippen molar-refractivity contribution in [2.75, 3.05) is 33.4 Å². The van der Waals surface area contributed by atoms with Gasteiger partial charge >= 0.3 is 0 Å². The van der Waals surface area contributed by atoms with E-state index in [-0.39, 0.29) is 17.8 Å². The second-order valence-corrected chi connectivity index (χ2v) is 7.87. The van der Waals surface area contributed by atoms with Crippen LogP contribution in [0, 0.1) is 5.82 Å². The minimum Gasteiger partial charge on any atom is -0.383 e. The summed E-state index contributed by atoms with van der Waals surface area (Å²) in [5.74, 6) is 0.272. The zero-order chi connectivity index (χ0) is 20.6. The van der Waals surface area contributed by atoms with Gasteiger partial charge in [-0.05, 0) is 68.6 Å². The first kappa shape index (κ1) is 21.4. The number of benzene rings is 1. The van der Waals surface area contributed by atoms with Crippen molar-refractivity contribution in [3.8, 4) is 0 Å². The number of carbonyl (C=O) groups excluding carboxylic acids is 1. The molecular formula is C23H30FN3O2. The number of methoxy groups -OCH3 is 1. The van der Waals surface area contributed by atoms with Crippen LogP contribution in [0.1, 0.15) is 42.5 Å². The molecule has 3 rings (SSSR count). The molecule has 0 radical (unpaired) electrons. The van der Waals surface area contributed by atoms with Gasteiger partial charge in [-0.1, -0.05) is 18.2 Å². The Bertz CT molecular complexity index is 772. The lowest BCUT2D eigenvalue weighted by Gasteiger charge is -2.31. The molecule has 1 aromatic heterocycles. The number of carbonyl (C=O) groups is 1. The largest absolute Gasteiger partial charge is 0.383 e. The number of piperidine rings is 1. The third-order valence-electron chi connectivity index (χ3n) is 5.37. The summed E-state index contributed by atoms with van der Waals surface area (Å²) < 4.78 is 18.1. The summed E-state index contributed by atoms with van der Waals surface area (Å²) in [7, 11) is 1.64. The molecule has 2 heterocycles. The highest BCUT2D eigenvalue weighted by Gasteiger charge is 2.23. The molecule has 0 saturated carbocycles. The van der Waals surface area contributed by atoms with Crippen molar-refractivity contribution < 1.29 is 13.9 Å². The SMILES string of the molecule is COCC(C)NC(=O)CN1CCC(c2ccc(Cc3ccc(F)cc3)cn2)CC1. The van der Waals surface area contributed by atoms with Crippen LogP contribution in [0.4, 0.5) is 4.39 Å². The van der Waals surface area contributed by atoms with Crippen molar-refractivity contribution in [3.63, 3.8) is 0 Å². The van der Waals surface area contributed by atoms with Gasteiger partial charge in [-0.15, -0.1) is 0 Å². The van der Waals surface area contributed by atoms with E-state index in [1.807, 2.05) is 25.3 Å². The molecular weight excluding hydrogens is 369 g/mol. The van der Waals surface area contributed by atoms with E-state index in [1.165, 1.54) is 12.1 Å². The number of hydrogen-bond donors (Lipinski definition) is 1. The van der Waals surface area contributed by atoms with E-state index in [4.69, 9.17) is 4.74 Å². The molecule has 0 bridgehead atoms. The number of rotatable bonds is 8. The van der Waals surface area contributed by atoms with Crippen molar-refractivity contribution in [2.45, 2.75) is 38.1 Å². The topological polar surface area (TPSA) is 54.5 Å². The van der Waals surface area contributed by atoms with Crippen LogP contribution in [0.2, 0.25) is 0 Å². The Morgan fingerprint density at radius 2 is 1.90 bits per heavy atom. The molecule has 1 N–H and O–H groups in total. The molecule has 1 fully saturated rings. The standard InChI is InChI=1S/C23H30FN3O2/c1-17(16-29-2)26-23(28)15-27-11-9-20(10-12-27)22-8-5-19(14-25-22)13-18-3-6-21(24)7-4-18/h3-8,14,17,20H,9-13,15-16H2,1-2H3,(H,26,28). The molecule has 5 nitrogen and oxygen atoms in total. The summed E-state index contributed by atoms with van der Waals surface area (Å²) in [6.45, 7) is 4.70. The van der Waals surface area contributed by atoms with Gasteiger partial charge in [-0.2, -0.15) is 0 Å². The van der Waals surface area contributed by atoms with Crippen LogP contribution in [-0.2, 0) is 16.0 Å². The highest BCUT2D eigenvalue weighted by atomic mass is 19.1. The summed E-state index contributed by atoms with van der Waals surface area (Å²) in [6, 6.07) is 10.9. The van der Waals surface area contributed by atoms with Gasteiger partial charge in [-0.3, -0.25) is 14.7 Å². The summed E-state index contributed by atoms with van der Waals surface area (Å²) in [5, 5.41) is 2.96. The Morgan fingerprint density at radius 1 is 1.21 bits per heavy atom. The summed E-state index contributed by atoms with van der Waals surface area (Å²) >= 11 is 0. The van der Waals surface area contributed by atoms with Crippen molar-refractivity contribution >= 4 is 5.91 Å². The fraction of sp³-hybridized carbons (Fsp3) is 0.478. The number of hydrogen-bond acceptors (Lipinski definition) is 4. The van der Waals surface area contributed by atoms with E-state index in [9.17, 15) is 9.18 Å². The second-order valence-electron chi connectivity index (χ2n) is 7.87. The number of likely N-dealkylation sites (tertiary alicyclic amines) is 1. The maximum Gasteiger partial charge on any atom is 0.234 e. The minimum atomic E-state index is -0.212. The Morgan fingerprint density at radius 3 is 2.52 bits per heavy atom. The molecule has 0 spiro atoms. The monoisotopic (exact) mass is 399 g/mol. The Hall–Kier alpha value is -2.31. The fourth-order valence-electron chi connectivity index (χ4n) is 3.82. The van der Waals surface area contributed by atoms with E-state index in [0.717, 1.165) is 49.2 Å². The average Bonchev–Trinajstić information content (AvgIpc) is 2.71. The van der Waals surface area contributed by atoms with E-state index < -0.39 is 0 Å². The van der Waals surface area contributed by atoms with E-state index in [2.05, 4.69) is 27.3 Å².